The molecule has 2 N–H and O–H groups in total. The van der Waals surface area contributed by atoms with Gasteiger partial charge in [-0.2, -0.15) is 0 Å². The first kappa shape index (κ1) is 13.8. The molecule has 2 unspecified atom stereocenters. The minimum atomic E-state index is -0.782. The third-order valence-electron chi connectivity index (χ3n) is 3.76. The Labute approximate surface area is 111 Å². The highest BCUT2D eigenvalue weighted by Crippen LogP contribution is 2.31. The molecule has 5 heteroatoms. The van der Waals surface area contributed by atoms with Crippen molar-refractivity contribution in [3.63, 3.8) is 0 Å². The molecule has 0 aliphatic carbocycles. The van der Waals surface area contributed by atoms with Crippen molar-refractivity contribution >= 4 is 5.97 Å². The average molecular weight is 267 g/mol. The Bertz CT molecular complexity index is 478. The molecule has 1 saturated heterocycles. The minimum absolute atomic E-state index is 0.0846. The Hall–Kier alpha value is -1.62. The summed E-state index contributed by atoms with van der Waals surface area (Å²) in [7, 11) is 0. The van der Waals surface area contributed by atoms with Gasteiger partial charge in [-0.3, -0.25) is 9.69 Å². The fourth-order valence-corrected chi connectivity index (χ4v) is 2.68. The van der Waals surface area contributed by atoms with Crippen molar-refractivity contribution in [3.8, 4) is 5.75 Å². The fourth-order valence-electron chi connectivity index (χ4n) is 2.68. The lowest BCUT2D eigenvalue weighted by atomic mass is 10.0. The molecule has 104 valence electrons. The van der Waals surface area contributed by atoms with Crippen LogP contribution in [0.2, 0.25) is 0 Å². The Morgan fingerprint density at radius 1 is 1.58 bits per heavy atom. The molecule has 1 heterocycles. The molecule has 4 nitrogen and oxygen atoms in total. The summed E-state index contributed by atoms with van der Waals surface area (Å²) in [6.45, 7) is 3.35. The summed E-state index contributed by atoms with van der Waals surface area (Å²) in [5, 5.41) is 18.0. The minimum Gasteiger partial charge on any atom is -0.508 e. The van der Waals surface area contributed by atoms with Crippen molar-refractivity contribution in [1.82, 2.24) is 4.90 Å². The van der Waals surface area contributed by atoms with E-state index >= 15 is 0 Å². The second-order valence-corrected chi connectivity index (χ2v) is 5.13. The standard InChI is InChI=1S/C14H18FNO3/c1-9(12-3-2-11(17)7-13(12)15)16-5-4-10(8-16)6-14(18)19/h2-3,7,9-10,17H,4-6,8H2,1H3,(H,18,19). The monoisotopic (exact) mass is 267 g/mol. The van der Waals surface area contributed by atoms with E-state index in [1.54, 1.807) is 6.07 Å². The van der Waals surface area contributed by atoms with E-state index in [0.717, 1.165) is 19.0 Å². The van der Waals surface area contributed by atoms with Crippen molar-refractivity contribution in [1.29, 1.82) is 0 Å². The molecule has 1 aliphatic heterocycles. The van der Waals surface area contributed by atoms with Gasteiger partial charge in [0.25, 0.3) is 0 Å². The van der Waals surface area contributed by atoms with E-state index in [1.165, 1.54) is 6.07 Å². The topological polar surface area (TPSA) is 60.8 Å². The van der Waals surface area contributed by atoms with Crippen LogP contribution in [0.4, 0.5) is 4.39 Å². The number of phenols is 1. The molecule has 0 spiro atoms. The van der Waals surface area contributed by atoms with Gasteiger partial charge in [0.05, 0.1) is 0 Å². The summed E-state index contributed by atoms with van der Waals surface area (Å²) in [5.41, 5.74) is 0.536. The highest BCUT2D eigenvalue weighted by molar-refractivity contribution is 5.67. The van der Waals surface area contributed by atoms with Crippen LogP contribution >= 0.6 is 0 Å². The van der Waals surface area contributed by atoms with Gasteiger partial charge in [0.2, 0.25) is 0 Å². The maximum atomic E-state index is 13.8. The van der Waals surface area contributed by atoms with Gasteiger partial charge in [-0.25, -0.2) is 4.39 Å². The number of rotatable bonds is 4. The average Bonchev–Trinajstić information content (AvgIpc) is 2.75. The SMILES string of the molecule is CC(c1ccc(O)cc1F)N1CCC(CC(=O)O)C1. The number of carbonyl (C=O) groups is 1. The number of aliphatic carboxylic acids is 1. The summed E-state index contributed by atoms with van der Waals surface area (Å²) in [6, 6.07) is 4.05. The van der Waals surface area contributed by atoms with Crippen molar-refractivity contribution in [2.24, 2.45) is 5.92 Å². The first-order chi connectivity index (χ1) is 8.97. The quantitative estimate of drug-likeness (QED) is 0.879. The van der Waals surface area contributed by atoms with Crippen molar-refractivity contribution in [3.05, 3.63) is 29.6 Å². The Balaban J connectivity index is 2.04. The Kier molecular flexibility index (Phi) is 4.04. The molecule has 2 rings (SSSR count). The number of hydrogen-bond donors (Lipinski definition) is 2. The lowest BCUT2D eigenvalue weighted by molar-refractivity contribution is -0.138. The van der Waals surface area contributed by atoms with Crippen LogP contribution in [0.3, 0.4) is 0 Å². The molecule has 1 aromatic carbocycles. The predicted octanol–water partition coefficient (Wildman–Crippen LogP) is 2.39. The summed E-state index contributed by atoms with van der Waals surface area (Å²) >= 11 is 0. The summed E-state index contributed by atoms with van der Waals surface area (Å²) in [6.07, 6.45) is 0.998. The molecule has 0 amide bonds. The van der Waals surface area contributed by atoms with E-state index in [2.05, 4.69) is 4.90 Å². The molecular formula is C14H18FNO3. The molecule has 1 aromatic rings. The van der Waals surface area contributed by atoms with E-state index in [1.807, 2.05) is 6.92 Å². The highest BCUT2D eigenvalue weighted by Gasteiger charge is 2.29. The van der Waals surface area contributed by atoms with Gasteiger partial charge in [-0.15, -0.1) is 0 Å². The largest absolute Gasteiger partial charge is 0.508 e. The van der Waals surface area contributed by atoms with Gasteiger partial charge < -0.3 is 10.2 Å². The number of carboxylic acids is 1. The molecular weight excluding hydrogens is 249 g/mol. The number of hydrogen-bond acceptors (Lipinski definition) is 3. The third kappa shape index (κ3) is 3.23. The van der Waals surface area contributed by atoms with Crippen molar-refractivity contribution < 1.29 is 19.4 Å². The number of likely N-dealkylation sites (tertiary alicyclic amines) is 1. The number of carboxylic acid groups (broad SMARTS) is 1. The smallest absolute Gasteiger partial charge is 0.303 e. The number of benzene rings is 1. The zero-order valence-corrected chi connectivity index (χ0v) is 10.8. The molecule has 2 atom stereocenters. The molecule has 0 bridgehead atoms. The molecule has 1 aliphatic rings. The van der Waals surface area contributed by atoms with Crippen LogP contribution in [0, 0.1) is 11.7 Å². The summed E-state index contributed by atoms with van der Waals surface area (Å²) in [5.74, 6) is -1.15. The van der Waals surface area contributed by atoms with E-state index < -0.39 is 11.8 Å². The highest BCUT2D eigenvalue weighted by atomic mass is 19.1. The van der Waals surface area contributed by atoms with E-state index in [-0.39, 0.29) is 24.1 Å². The van der Waals surface area contributed by atoms with Crippen LogP contribution < -0.4 is 0 Å². The fraction of sp³-hybridized carbons (Fsp3) is 0.500. The lowest BCUT2D eigenvalue weighted by Crippen LogP contribution is -2.25. The van der Waals surface area contributed by atoms with Crippen molar-refractivity contribution in [2.45, 2.75) is 25.8 Å². The van der Waals surface area contributed by atoms with Crippen LogP contribution in [-0.2, 0) is 4.79 Å². The van der Waals surface area contributed by atoms with E-state index in [9.17, 15) is 14.3 Å². The normalized spacial score (nSPS) is 21.5. The van der Waals surface area contributed by atoms with Crippen LogP contribution in [-0.4, -0.2) is 34.2 Å². The van der Waals surface area contributed by atoms with Crippen LogP contribution in [0.15, 0.2) is 18.2 Å². The van der Waals surface area contributed by atoms with Gasteiger partial charge in [-0.05, 0) is 31.9 Å². The van der Waals surface area contributed by atoms with E-state index in [4.69, 9.17) is 5.11 Å². The number of aromatic hydroxyl groups is 1. The van der Waals surface area contributed by atoms with Crippen molar-refractivity contribution in [2.75, 3.05) is 13.1 Å². The second kappa shape index (κ2) is 5.57. The number of nitrogens with zero attached hydrogens (tertiary/aromatic N) is 1. The van der Waals surface area contributed by atoms with Gasteiger partial charge in [0.1, 0.15) is 11.6 Å². The second-order valence-electron chi connectivity index (χ2n) is 5.13. The summed E-state index contributed by atoms with van der Waals surface area (Å²) in [4.78, 5) is 12.8. The Morgan fingerprint density at radius 2 is 2.32 bits per heavy atom. The maximum Gasteiger partial charge on any atom is 0.303 e. The van der Waals surface area contributed by atoms with Gasteiger partial charge in [-0.1, -0.05) is 6.07 Å². The zero-order chi connectivity index (χ0) is 14.0. The Morgan fingerprint density at radius 3 is 2.95 bits per heavy atom. The maximum absolute atomic E-state index is 13.8. The van der Waals surface area contributed by atoms with Gasteiger partial charge in [0, 0.05) is 30.6 Å². The van der Waals surface area contributed by atoms with Crippen LogP contribution in [0.5, 0.6) is 5.75 Å². The molecule has 19 heavy (non-hydrogen) atoms. The summed E-state index contributed by atoms with van der Waals surface area (Å²) < 4.78 is 13.8. The number of halogens is 1. The van der Waals surface area contributed by atoms with Crippen LogP contribution in [0.25, 0.3) is 0 Å². The molecule has 0 aromatic heterocycles. The molecule has 1 fully saturated rings. The third-order valence-corrected chi connectivity index (χ3v) is 3.76. The van der Waals surface area contributed by atoms with E-state index in [0.29, 0.717) is 12.1 Å². The molecule has 0 radical (unpaired) electrons. The first-order valence-corrected chi connectivity index (χ1v) is 6.41. The first-order valence-electron chi connectivity index (χ1n) is 6.41. The lowest BCUT2D eigenvalue weighted by Gasteiger charge is -2.25. The molecule has 0 saturated carbocycles. The van der Waals surface area contributed by atoms with Gasteiger partial charge in [0.15, 0.2) is 0 Å². The van der Waals surface area contributed by atoms with Crippen LogP contribution in [0.1, 0.15) is 31.4 Å². The predicted molar refractivity (Wildman–Crippen MR) is 68.4 cm³/mol. The van der Waals surface area contributed by atoms with Gasteiger partial charge >= 0.3 is 5.97 Å². The number of phenolic OH excluding ortho intramolecular Hbond substituents is 1. The zero-order valence-electron chi connectivity index (χ0n) is 10.8.